The van der Waals surface area contributed by atoms with Crippen LogP contribution in [-0.2, 0) is 10.3 Å². The molecule has 1 heterocycles. The second-order valence-corrected chi connectivity index (χ2v) is 8.30. The van der Waals surface area contributed by atoms with Crippen molar-refractivity contribution in [3.05, 3.63) is 28.8 Å². The second kappa shape index (κ2) is 7.48. The third-order valence-corrected chi connectivity index (χ3v) is 5.81. The number of aromatic nitrogens is 1. The lowest BCUT2D eigenvalue weighted by Gasteiger charge is -2.29. The minimum atomic E-state index is -4.84. The Morgan fingerprint density at radius 1 is 1.29 bits per heavy atom. The van der Waals surface area contributed by atoms with Gasteiger partial charge in [0.25, 0.3) is 0 Å². The number of alkyl halides is 3. The third kappa shape index (κ3) is 4.38. The van der Waals surface area contributed by atoms with Gasteiger partial charge in [-0.15, -0.1) is 24.5 Å². The minimum Gasteiger partial charge on any atom is -0.403 e. The smallest absolute Gasteiger partial charge is 0.403 e. The van der Waals surface area contributed by atoms with Gasteiger partial charge in [-0.05, 0) is 58.1 Å². The number of ether oxygens (including phenoxy) is 2. The molecule has 152 valence electrons. The van der Waals surface area contributed by atoms with Crippen LogP contribution in [0.1, 0.15) is 44.7 Å². The standard InChI is InChI=1S/C20H23F3N2O2S/c1-11-14(18-24-8-9-28-18)10-15(19(3,4)26-5)17(27-20(21,22)23)16(11)25-12(2)13-6-7-13/h8-10,13H,6-7H2,1-5H3/b25-12-. The molecule has 0 saturated heterocycles. The molecule has 0 spiro atoms. The van der Waals surface area contributed by atoms with Crippen LogP contribution < -0.4 is 4.74 Å². The Hall–Kier alpha value is -1.93. The van der Waals surface area contributed by atoms with E-state index in [1.165, 1.54) is 18.4 Å². The van der Waals surface area contributed by atoms with E-state index in [2.05, 4.69) is 14.7 Å². The summed E-state index contributed by atoms with van der Waals surface area (Å²) >= 11 is 1.42. The average molecular weight is 412 g/mol. The Morgan fingerprint density at radius 2 is 1.96 bits per heavy atom. The first-order valence-electron chi connectivity index (χ1n) is 8.97. The van der Waals surface area contributed by atoms with Crippen LogP contribution in [0.5, 0.6) is 5.75 Å². The maximum atomic E-state index is 13.3. The van der Waals surface area contributed by atoms with Gasteiger partial charge in [0, 0.05) is 35.5 Å². The molecule has 1 saturated carbocycles. The van der Waals surface area contributed by atoms with Crippen LogP contribution in [0.4, 0.5) is 18.9 Å². The molecule has 0 amide bonds. The van der Waals surface area contributed by atoms with Crippen molar-refractivity contribution in [1.82, 2.24) is 4.98 Å². The van der Waals surface area contributed by atoms with E-state index in [-0.39, 0.29) is 17.0 Å². The fraction of sp³-hybridized carbons (Fsp3) is 0.500. The van der Waals surface area contributed by atoms with Crippen molar-refractivity contribution in [3.63, 3.8) is 0 Å². The zero-order chi connectivity index (χ0) is 20.7. The lowest BCUT2D eigenvalue weighted by atomic mass is 9.91. The maximum Gasteiger partial charge on any atom is 0.573 e. The highest BCUT2D eigenvalue weighted by molar-refractivity contribution is 7.13. The van der Waals surface area contributed by atoms with Crippen LogP contribution in [0.2, 0.25) is 0 Å². The molecule has 0 atom stereocenters. The van der Waals surface area contributed by atoms with Gasteiger partial charge in [0.15, 0.2) is 5.75 Å². The van der Waals surface area contributed by atoms with E-state index < -0.39 is 12.0 Å². The first-order valence-corrected chi connectivity index (χ1v) is 9.85. The zero-order valence-corrected chi connectivity index (χ0v) is 17.3. The summed E-state index contributed by atoms with van der Waals surface area (Å²) in [6.45, 7) is 7.01. The quantitative estimate of drug-likeness (QED) is 0.516. The van der Waals surface area contributed by atoms with Gasteiger partial charge in [-0.2, -0.15) is 0 Å². The molecular formula is C20H23F3N2O2S. The van der Waals surface area contributed by atoms with Gasteiger partial charge in [0.2, 0.25) is 0 Å². The van der Waals surface area contributed by atoms with Crippen molar-refractivity contribution < 1.29 is 22.6 Å². The first-order chi connectivity index (χ1) is 13.0. The number of hydrogen-bond acceptors (Lipinski definition) is 5. The van der Waals surface area contributed by atoms with Crippen LogP contribution in [0.3, 0.4) is 0 Å². The maximum absolute atomic E-state index is 13.3. The average Bonchev–Trinajstić information content (AvgIpc) is 3.32. The van der Waals surface area contributed by atoms with Crippen molar-refractivity contribution in [1.29, 1.82) is 0 Å². The summed E-state index contributed by atoms with van der Waals surface area (Å²) in [6.07, 6.45) is -1.16. The molecule has 28 heavy (non-hydrogen) atoms. The first kappa shape index (κ1) is 20.8. The van der Waals surface area contributed by atoms with Gasteiger partial charge in [-0.1, -0.05) is 0 Å². The monoisotopic (exact) mass is 412 g/mol. The molecule has 0 aliphatic heterocycles. The van der Waals surface area contributed by atoms with Crippen molar-refractivity contribution in [2.24, 2.45) is 10.9 Å². The van der Waals surface area contributed by atoms with Gasteiger partial charge in [0.1, 0.15) is 10.7 Å². The highest BCUT2D eigenvalue weighted by Crippen LogP contribution is 2.48. The number of thiazole rings is 1. The molecule has 0 bridgehead atoms. The molecule has 0 radical (unpaired) electrons. The van der Waals surface area contributed by atoms with Crippen LogP contribution in [0.15, 0.2) is 22.6 Å². The van der Waals surface area contributed by atoms with Crippen molar-refractivity contribution in [2.75, 3.05) is 7.11 Å². The van der Waals surface area contributed by atoms with E-state index in [1.807, 2.05) is 12.3 Å². The lowest BCUT2D eigenvalue weighted by molar-refractivity contribution is -0.275. The number of halogens is 3. The van der Waals surface area contributed by atoms with E-state index >= 15 is 0 Å². The van der Waals surface area contributed by atoms with E-state index in [0.29, 0.717) is 16.5 Å². The Labute approximate surface area is 166 Å². The van der Waals surface area contributed by atoms with Crippen molar-refractivity contribution in [3.8, 4) is 16.3 Å². The largest absolute Gasteiger partial charge is 0.573 e. The molecule has 4 nitrogen and oxygen atoms in total. The second-order valence-electron chi connectivity index (χ2n) is 7.40. The molecular weight excluding hydrogens is 389 g/mol. The molecule has 1 aromatic carbocycles. The summed E-state index contributed by atoms with van der Waals surface area (Å²) < 4.78 is 49.9. The molecule has 2 aromatic rings. The number of benzene rings is 1. The fourth-order valence-corrected chi connectivity index (χ4v) is 3.71. The van der Waals surface area contributed by atoms with E-state index in [1.54, 1.807) is 33.0 Å². The molecule has 1 aromatic heterocycles. The van der Waals surface area contributed by atoms with E-state index in [9.17, 15) is 13.2 Å². The van der Waals surface area contributed by atoms with Crippen LogP contribution in [0.25, 0.3) is 10.6 Å². The Bertz CT molecular complexity index is 886. The van der Waals surface area contributed by atoms with Crippen LogP contribution in [0, 0.1) is 12.8 Å². The van der Waals surface area contributed by atoms with Gasteiger partial charge in [-0.3, -0.25) is 4.99 Å². The summed E-state index contributed by atoms with van der Waals surface area (Å²) in [5.74, 6) is 0.0118. The van der Waals surface area contributed by atoms with Gasteiger partial charge < -0.3 is 9.47 Å². The Morgan fingerprint density at radius 3 is 2.46 bits per heavy atom. The normalized spacial score (nSPS) is 15.8. The number of hydrogen-bond donors (Lipinski definition) is 0. The Balaban J connectivity index is 2.33. The van der Waals surface area contributed by atoms with Crippen molar-refractivity contribution in [2.45, 2.75) is 52.5 Å². The van der Waals surface area contributed by atoms with Crippen molar-refractivity contribution >= 4 is 22.7 Å². The predicted molar refractivity (Wildman–Crippen MR) is 104 cm³/mol. The number of methoxy groups -OCH3 is 1. The summed E-state index contributed by atoms with van der Waals surface area (Å²) in [6, 6.07) is 1.67. The topological polar surface area (TPSA) is 43.7 Å². The van der Waals surface area contributed by atoms with Gasteiger partial charge in [-0.25, -0.2) is 4.98 Å². The molecule has 8 heteroatoms. The highest BCUT2D eigenvalue weighted by atomic mass is 32.1. The molecule has 1 aliphatic rings. The van der Waals surface area contributed by atoms with E-state index in [4.69, 9.17) is 4.74 Å². The molecule has 0 unspecified atom stereocenters. The summed E-state index contributed by atoms with van der Waals surface area (Å²) in [5, 5.41) is 2.54. The van der Waals surface area contributed by atoms with Gasteiger partial charge >= 0.3 is 6.36 Å². The highest BCUT2D eigenvalue weighted by Gasteiger charge is 2.38. The summed E-state index contributed by atoms with van der Waals surface area (Å²) in [7, 11) is 1.46. The third-order valence-electron chi connectivity index (χ3n) is 5.00. The van der Waals surface area contributed by atoms with Gasteiger partial charge in [0.05, 0.1) is 5.60 Å². The SMILES string of the molecule is COC(C)(C)c1cc(-c2nccs2)c(C)c(/N=C(/C)C2CC2)c1OC(F)(F)F. The lowest BCUT2D eigenvalue weighted by Crippen LogP contribution is -2.25. The molecule has 0 N–H and O–H groups in total. The minimum absolute atomic E-state index is 0.189. The number of aliphatic imine (C=N–C) groups is 1. The summed E-state index contributed by atoms with van der Waals surface area (Å²) in [4.78, 5) is 8.93. The number of nitrogens with zero attached hydrogens (tertiary/aromatic N) is 2. The van der Waals surface area contributed by atoms with Crippen LogP contribution >= 0.6 is 11.3 Å². The summed E-state index contributed by atoms with van der Waals surface area (Å²) in [5.41, 5.74) is 1.60. The molecule has 1 aliphatic carbocycles. The van der Waals surface area contributed by atoms with E-state index in [0.717, 1.165) is 24.1 Å². The zero-order valence-electron chi connectivity index (χ0n) is 16.5. The predicted octanol–water partition coefficient (Wildman–Crippen LogP) is 6.40. The van der Waals surface area contributed by atoms with Crippen LogP contribution in [-0.4, -0.2) is 24.2 Å². The molecule has 3 rings (SSSR count). The Kier molecular flexibility index (Phi) is 5.55. The fourth-order valence-electron chi connectivity index (χ4n) is 3.00. The number of rotatable bonds is 6. The molecule has 1 fully saturated rings.